The van der Waals surface area contributed by atoms with Crippen LogP contribution < -0.4 is 0 Å². The van der Waals surface area contributed by atoms with E-state index in [1.807, 2.05) is 0 Å². The van der Waals surface area contributed by atoms with Gasteiger partial charge < -0.3 is 13.6 Å². The maximum absolute atomic E-state index is 14.0. The van der Waals surface area contributed by atoms with Gasteiger partial charge in [0.2, 0.25) is 0 Å². The van der Waals surface area contributed by atoms with Crippen LogP contribution in [-0.2, 0) is 23.5 Å². The van der Waals surface area contributed by atoms with Gasteiger partial charge in [-0.25, -0.2) is 8.42 Å². The predicted octanol–water partition coefficient (Wildman–Crippen LogP) is 8.63. The molecule has 0 aromatic heterocycles. The quantitative estimate of drug-likeness (QED) is 0.159. The van der Waals surface area contributed by atoms with Crippen molar-refractivity contribution < 1.29 is 22.1 Å². The Morgan fingerprint density at radius 1 is 0.952 bits per heavy atom. The van der Waals surface area contributed by atoms with Gasteiger partial charge in [0, 0.05) is 12.3 Å². The standard InChI is InChI=1S/C34H60O5SSi2/c1-23(21-35)28-15-16-29-24(14-13-17-34(28,29)8)18-31-26-19-25(38-41(9,10)32(2,3)4)20-30(27(26)22-40(31,36)37)39-42(11,12)33(5,6)7/h18,21,23,25,28-31H,13-17,19-20,22H2,1-12H3/b24-18+. The number of aldehydes is 1. The van der Waals surface area contributed by atoms with Crippen LogP contribution in [0, 0.1) is 23.2 Å². The molecule has 0 spiro atoms. The zero-order valence-electron chi connectivity index (χ0n) is 28.7. The van der Waals surface area contributed by atoms with Crippen molar-refractivity contribution >= 4 is 32.8 Å². The molecule has 1 aliphatic heterocycles. The van der Waals surface area contributed by atoms with E-state index in [9.17, 15) is 13.2 Å². The van der Waals surface area contributed by atoms with Crippen LogP contribution in [0.4, 0.5) is 0 Å². The smallest absolute Gasteiger partial charge is 0.192 e. The topological polar surface area (TPSA) is 69.7 Å². The Labute approximate surface area is 259 Å². The molecule has 7 atom stereocenters. The predicted molar refractivity (Wildman–Crippen MR) is 179 cm³/mol. The first-order chi connectivity index (χ1) is 19.0. The molecule has 0 aromatic rings. The van der Waals surface area contributed by atoms with E-state index in [2.05, 4.69) is 87.7 Å². The van der Waals surface area contributed by atoms with Gasteiger partial charge >= 0.3 is 0 Å². The molecule has 0 bridgehead atoms. The van der Waals surface area contributed by atoms with Crippen LogP contribution in [0.25, 0.3) is 0 Å². The lowest BCUT2D eigenvalue weighted by Gasteiger charge is -2.45. The molecule has 0 N–H and O–H groups in total. The molecule has 2 fully saturated rings. The number of hydrogen-bond acceptors (Lipinski definition) is 5. The summed E-state index contributed by atoms with van der Waals surface area (Å²) < 4.78 is 42.2. The van der Waals surface area contributed by atoms with Crippen molar-refractivity contribution in [2.45, 2.75) is 154 Å². The van der Waals surface area contributed by atoms with Crippen LogP contribution in [0.3, 0.4) is 0 Å². The van der Waals surface area contributed by atoms with E-state index in [-0.39, 0.29) is 39.4 Å². The minimum absolute atomic E-state index is 0.0318. The van der Waals surface area contributed by atoms with Gasteiger partial charge in [0.05, 0.1) is 18.0 Å². The molecule has 8 heteroatoms. The average molecular weight is 637 g/mol. The summed E-state index contributed by atoms with van der Waals surface area (Å²) in [7, 11) is -7.61. The minimum Gasteiger partial charge on any atom is -0.414 e. The molecule has 42 heavy (non-hydrogen) atoms. The number of rotatable bonds is 7. The third-order valence-corrected chi connectivity index (χ3v) is 23.5. The Morgan fingerprint density at radius 3 is 2.12 bits per heavy atom. The largest absolute Gasteiger partial charge is 0.414 e. The van der Waals surface area contributed by atoms with Gasteiger partial charge in [-0.15, -0.1) is 0 Å². The average Bonchev–Trinajstić information content (AvgIpc) is 3.31. The fraction of sp³-hybridized carbons (Fsp3) is 0.853. The van der Waals surface area contributed by atoms with Crippen LogP contribution in [0.1, 0.15) is 100 Å². The van der Waals surface area contributed by atoms with Crippen molar-refractivity contribution in [2.75, 3.05) is 5.75 Å². The van der Waals surface area contributed by atoms with E-state index in [0.29, 0.717) is 18.3 Å². The second-order valence-corrected chi connectivity index (χ2v) is 29.1. The van der Waals surface area contributed by atoms with Crippen LogP contribution in [0.5, 0.6) is 0 Å². The monoisotopic (exact) mass is 636 g/mol. The summed E-state index contributed by atoms with van der Waals surface area (Å²) in [6.07, 6.45) is 9.73. The number of hydrogen-bond donors (Lipinski definition) is 0. The first-order valence-corrected chi connectivity index (χ1v) is 24.0. The lowest BCUT2D eigenvalue weighted by Crippen LogP contribution is -2.49. The van der Waals surface area contributed by atoms with Crippen molar-refractivity contribution in [1.82, 2.24) is 0 Å². The highest BCUT2D eigenvalue weighted by molar-refractivity contribution is 7.92. The van der Waals surface area contributed by atoms with E-state index >= 15 is 0 Å². The summed E-state index contributed by atoms with van der Waals surface area (Å²) in [5, 5.41) is -0.474. The molecular formula is C34H60O5SSi2. The summed E-state index contributed by atoms with van der Waals surface area (Å²) in [4.78, 5) is 11.8. The summed E-state index contributed by atoms with van der Waals surface area (Å²) in [6.45, 7) is 27.1. The number of carbonyl (C=O) groups excluding carboxylic acids is 1. The highest BCUT2D eigenvalue weighted by Crippen LogP contribution is 2.59. The van der Waals surface area contributed by atoms with Gasteiger partial charge in [-0.2, -0.15) is 0 Å². The molecule has 4 rings (SSSR count). The molecule has 3 aliphatic carbocycles. The first kappa shape index (κ1) is 34.3. The third-order valence-electron chi connectivity index (χ3n) is 12.6. The van der Waals surface area contributed by atoms with Gasteiger partial charge in [-0.3, -0.25) is 0 Å². The lowest BCUT2D eigenvalue weighted by molar-refractivity contribution is -0.113. The third kappa shape index (κ3) is 6.27. The van der Waals surface area contributed by atoms with Crippen molar-refractivity contribution in [3.8, 4) is 0 Å². The fourth-order valence-electron chi connectivity index (χ4n) is 8.03. The summed E-state index contributed by atoms with van der Waals surface area (Å²) in [6, 6.07) is 0. The summed E-state index contributed by atoms with van der Waals surface area (Å²) in [5.74, 6) is 0.887. The van der Waals surface area contributed by atoms with Crippen LogP contribution in [-0.4, -0.2) is 54.5 Å². The van der Waals surface area contributed by atoms with E-state index in [0.717, 1.165) is 56.0 Å². The van der Waals surface area contributed by atoms with Gasteiger partial charge in [0.25, 0.3) is 0 Å². The van der Waals surface area contributed by atoms with Crippen molar-refractivity contribution in [2.24, 2.45) is 23.2 Å². The number of fused-ring (bicyclic) bond motifs is 1. The normalized spacial score (nSPS) is 35.7. The van der Waals surface area contributed by atoms with E-state index in [4.69, 9.17) is 8.85 Å². The Bertz CT molecular complexity index is 1220. The second kappa shape index (κ2) is 11.4. The summed E-state index contributed by atoms with van der Waals surface area (Å²) in [5.41, 5.74) is 3.47. The van der Waals surface area contributed by atoms with Gasteiger partial charge in [-0.05, 0) is 103 Å². The Kier molecular flexibility index (Phi) is 9.28. The van der Waals surface area contributed by atoms with Crippen LogP contribution >= 0.6 is 0 Å². The maximum Gasteiger partial charge on any atom is 0.192 e. The van der Waals surface area contributed by atoms with Gasteiger partial charge in [0.1, 0.15) is 11.5 Å². The molecule has 2 saturated carbocycles. The highest BCUT2D eigenvalue weighted by Gasteiger charge is 2.53. The maximum atomic E-state index is 14.0. The second-order valence-electron chi connectivity index (χ2n) is 17.4. The molecule has 1 heterocycles. The SMILES string of the molecule is CC(C=O)C1CCC2/C(=C/C3C4=C(CS3(=O)=O)C(O[Si](C)(C)C(C)(C)C)CC(O[Si](C)(C)C(C)(C)C)C4)CCCC21C. The molecule has 0 amide bonds. The Morgan fingerprint density at radius 2 is 1.55 bits per heavy atom. The number of allylic oxidation sites excluding steroid dienone is 1. The molecule has 0 radical (unpaired) electrons. The zero-order chi connectivity index (χ0) is 31.7. The Hall–Kier alpha value is -0.546. The number of sulfone groups is 1. The Balaban J connectivity index is 1.75. The molecule has 4 aliphatic rings. The minimum atomic E-state index is -3.39. The molecular weight excluding hydrogens is 577 g/mol. The lowest BCUT2D eigenvalue weighted by atomic mass is 9.61. The molecule has 240 valence electrons. The first-order valence-electron chi connectivity index (χ1n) is 16.5. The van der Waals surface area contributed by atoms with Crippen molar-refractivity contribution in [1.29, 1.82) is 0 Å². The molecule has 0 saturated heterocycles. The van der Waals surface area contributed by atoms with E-state index < -0.39 is 31.7 Å². The van der Waals surface area contributed by atoms with Gasteiger partial charge in [-0.1, -0.05) is 67.0 Å². The number of carbonyl (C=O) groups is 1. The van der Waals surface area contributed by atoms with Crippen molar-refractivity contribution in [3.05, 3.63) is 22.8 Å². The zero-order valence-corrected chi connectivity index (χ0v) is 31.5. The van der Waals surface area contributed by atoms with E-state index in [1.165, 1.54) is 5.57 Å². The highest BCUT2D eigenvalue weighted by atomic mass is 32.2. The van der Waals surface area contributed by atoms with Crippen molar-refractivity contribution in [3.63, 3.8) is 0 Å². The van der Waals surface area contributed by atoms with Crippen LogP contribution in [0.15, 0.2) is 22.8 Å². The molecule has 0 aromatic carbocycles. The van der Waals surface area contributed by atoms with E-state index in [1.54, 1.807) is 0 Å². The van der Waals surface area contributed by atoms with Gasteiger partial charge in [0.15, 0.2) is 26.5 Å². The molecule has 7 unspecified atom stereocenters. The summed E-state index contributed by atoms with van der Waals surface area (Å²) >= 11 is 0. The van der Waals surface area contributed by atoms with Crippen LogP contribution in [0.2, 0.25) is 36.3 Å². The fourth-order valence-corrected chi connectivity index (χ4v) is 12.7. The molecule has 5 nitrogen and oxygen atoms in total.